The largest absolute Gasteiger partial charge is 0.388 e. The van der Waals surface area contributed by atoms with Crippen LogP contribution in [0.4, 0.5) is 0 Å². The highest BCUT2D eigenvalue weighted by atomic mass is 16.6. The molecule has 3 aliphatic carbocycles. The van der Waals surface area contributed by atoms with Gasteiger partial charge in [0.25, 0.3) is 0 Å². The maximum absolute atomic E-state index is 11.2. The fourth-order valence-corrected chi connectivity index (χ4v) is 8.50. The molecule has 0 aromatic heterocycles. The molecule has 1 heterocycles. The fraction of sp³-hybridized carbons (Fsp3) is 0.234. The molecule has 4 aliphatic rings. The number of hydrogen-bond donors (Lipinski definition) is 5. The number of nitrogens with one attached hydrogen (secondary N) is 1. The van der Waals surface area contributed by atoms with Crippen LogP contribution in [0.3, 0.4) is 0 Å². The van der Waals surface area contributed by atoms with Crippen molar-refractivity contribution in [3.63, 3.8) is 0 Å². The Hall–Kier alpha value is -4.92. The molecule has 0 radical (unpaired) electrons. The summed E-state index contributed by atoms with van der Waals surface area (Å²) in [6, 6.07) is 50.1. The van der Waals surface area contributed by atoms with Crippen LogP contribution in [0.2, 0.25) is 0 Å². The summed E-state index contributed by atoms with van der Waals surface area (Å²) in [4.78, 5) is 0. The summed E-state index contributed by atoms with van der Waals surface area (Å²) >= 11 is 0. The van der Waals surface area contributed by atoms with E-state index in [9.17, 15) is 10.2 Å². The van der Waals surface area contributed by atoms with Crippen LogP contribution < -0.4 is 16.8 Å². The smallest absolute Gasteiger partial charge is 0.114 e. The van der Waals surface area contributed by atoms with E-state index in [-0.39, 0.29) is 12.0 Å². The van der Waals surface area contributed by atoms with Gasteiger partial charge in [0, 0.05) is 19.0 Å². The van der Waals surface area contributed by atoms with Crippen molar-refractivity contribution in [1.82, 2.24) is 5.32 Å². The minimum atomic E-state index is -0.584. The Morgan fingerprint density at radius 2 is 0.811 bits per heavy atom. The predicted molar refractivity (Wildman–Crippen MR) is 213 cm³/mol. The standard InChI is InChI=1S/C31H29NO2.C14H10O.C2H8N2/c33-30-26-16-7-4-13-22(26)20-10-1-2-12-23(20)27(30)18-9-19-32-29-25-15-6-3-11-21(25)24-14-5-8-17-28(24)31(29)34;1-3-7-11-9(5-1)10-6-2-4-8-12(10)14-13(11)15-14;3-1-2-4/h1-8,10-17,27,29-34H,9,18-19H2;1-8,13-14H;1-4H2. The van der Waals surface area contributed by atoms with E-state index in [2.05, 4.69) is 108 Å². The van der Waals surface area contributed by atoms with Gasteiger partial charge in [0.05, 0.1) is 18.2 Å². The summed E-state index contributed by atoms with van der Waals surface area (Å²) in [7, 11) is 0. The maximum atomic E-state index is 11.2. The van der Waals surface area contributed by atoms with Crippen molar-refractivity contribution in [1.29, 1.82) is 0 Å². The number of ether oxygens (including phenoxy) is 1. The van der Waals surface area contributed by atoms with E-state index < -0.39 is 12.2 Å². The quantitative estimate of drug-likeness (QED) is 0.0877. The lowest BCUT2D eigenvalue weighted by Gasteiger charge is -2.34. The number of fused-ring (bicyclic) bond motifs is 12. The molecule has 1 aliphatic heterocycles. The lowest BCUT2D eigenvalue weighted by atomic mass is 9.75. The second kappa shape index (κ2) is 15.6. The SMILES string of the molecule is NCCN.OC1c2ccccc2-c2ccccc2C1CCCNC1c2ccccc2-c2ccccc2C1O.c1ccc2c(c1)-c1ccccc1C1OC21. The molecule has 268 valence electrons. The molecule has 6 unspecified atom stereocenters. The highest BCUT2D eigenvalue weighted by Crippen LogP contribution is 2.59. The Bertz CT molecular complexity index is 2050. The van der Waals surface area contributed by atoms with Crippen molar-refractivity contribution in [2.45, 2.75) is 49.2 Å². The summed E-state index contributed by atoms with van der Waals surface area (Å²) in [5, 5.41) is 26.1. The molecular formula is C47H47N3O3. The third-order valence-corrected chi connectivity index (χ3v) is 11.0. The summed E-state index contributed by atoms with van der Waals surface area (Å²) in [6.07, 6.45) is 1.33. The van der Waals surface area contributed by atoms with Crippen molar-refractivity contribution in [2.24, 2.45) is 11.5 Å². The zero-order valence-corrected chi connectivity index (χ0v) is 29.8. The molecule has 6 heteroatoms. The van der Waals surface area contributed by atoms with Crippen LogP contribution in [0.5, 0.6) is 0 Å². The highest BCUT2D eigenvalue weighted by Gasteiger charge is 2.47. The number of epoxide rings is 1. The van der Waals surface area contributed by atoms with E-state index in [0.717, 1.165) is 47.2 Å². The van der Waals surface area contributed by atoms with E-state index >= 15 is 0 Å². The second-order valence-corrected chi connectivity index (χ2v) is 14.1. The second-order valence-electron chi connectivity index (χ2n) is 14.1. The van der Waals surface area contributed by atoms with Gasteiger partial charge in [0.15, 0.2) is 0 Å². The van der Waals surface area contributed by atoms with Crippen LogP contribution in [0.1, 0.15) is 82.6 Å². The van der Waals surface area contributed by atoms with Crippen molar-refractivity contribution in [3.8, 4) is 33.4 Å². The van der Waals surface area contributed by atoms with Gasteiger partial charge in [-0.05, 0) is 86.1 Å². The Labute approximate surface area is 312 Å². The molecule has 0 amide bonds. The van der Waals surface area contributed by atoms with Gasteiger partial charge in [-0.15, -0.1) is 0 Å². The number of aliphatic hydroxyl groups excluding tert-OH is 2. The summed E-state index contributed by atoms with van der Waals surface area (Å²) in [6.45, 7) is 1.96. The van der Waals surface area contributed by atoms with Gasteiger partial charge >= 0.3 is 0 Å². The van der Waals surface area contributed by atoms with Crippen molar-refractivity contribution >= 4 is 0 Å². The number of rotatable bonds is 6. The first-order chi connectivity index (χ1) is 26.1. The normalized spacial score (nSPS) is 22.0. The lowest BCUT2D eigenvalue weighted by Crippen LogP contribution is -2.31. The summed E-state index contributed by atoms with van der Waals surface area (Å²) < 4.78 is 5.73. The van der Waals surface area contributed by atoms with Gasteiger partial charge in [-0.25, -0.2) is 0 Å². The highest BCUT2D eigenvalue weighted by molar-refractivity contribution is 5.77. The van der Waals surface area contributed by atoms with Gasteiger partial charge in [-0.1, -0.05) is 146 Å². The van der Waals surface area contributed by atoms with E-state index in [0.29, 0.717) is 25.3 Å². The molecule has 1 saturated heterocycles. The minimum absolute atomic E-state index is 0.0668. The van der Waals surface area contributed by atoms with Crippen molar-refractivity contribution in [2.75, 3.05) is 19.6 Å². The van der Waals surface area contributed by atoms with Gasteiger partial charge < -0.3 is 31.7 Å². The Morgan fingerprint density at radius 1 is 0.453 bits per heavy atom. The average molecular weight is 702 g/mol. The van der Waals surface area contributed by atoms with E-state index in [1.807, 2.05) is 42.5 Å². The van der Waals surface area contributed by atoms with E-state index in [1.54, 1.807) is 0 Å². The lowest BCUT2D eigenvalue weighted by molar-refractivity contribution is 0.123. The zero-order chi connectivity index (χ0) is 36.3. The number of nitrogens with two attached hydrogens (primary N) is 2. The number of benzene rings is 6. The summed E-state index contributed by atoms with van der Waals surface area (Å²) in [5.41, 5.74) is 24.2. The van der Waals surface area contributed by atoms with E-state index in [1.165, 1.54) is 38.9 Å². The molecule has 1 fully saturated rings. The fourth-order valence-electron chi connectivity index (χ4n) is 8.50. The molecule has 0 saturated carbocycles. The Balaban J connectivity index is 0.000000173. The molecule has 6 aromatic carbocycles. The minimum Gasteiger partial charge on any atom is -0.388 e. The van der Waals surface area contributed by atoms with E-state index in [4.69, 9.17) is 16.2 Å². The molecule has 6 aromatic rings. The maximum Gasteiger partial charge on any atom is 0.114 e. The molecule has 6 nitrogen and oxygen atoms in total. The van der Waals surface area contributed by atoms with Crippen LogP contribution in [-0.4, -0.2) is 29.8 Å². The number of hydrogen-bond acceptors (Lipinski definition) is 6. The van der Waals surface area contributed by atoms with Crippen LogP contribution in [0.15, 0.2) is 146 Å². The Morgan fingerprint density at radius 3 is 1.30 bits per heavy atom. The molecule has 7 N–H and O–H groups in total. The average Bonchev–Trinajstić information content (AvgIpc) is 4.04. The Kier molecular flexibility index (Phi) is 10.3. The predicted octanol–water partition coefficient (Wildman–Crippen LogP) is 8.69. The molecule has 10 rings (SSSR count). The van der Waals surface area contributed by atoms with Crippen LogP contribution in [0, 0.1) is 0 Å². The van der Waals surface area contributed by atoms with Crippen molar-refractivity contribution < 1.29 is 14.9 Å². The van der Waals surface area contributed by atoms with Crippen LogP contribution in [0.25, 0.3) is 33.4 Å². The van der Waals surface area contributed by atoms with Gasteiger partial charge in [0.2, 0.25) is 0 Å². The zero-order valence-electron chi connectivity index (χ0n) is 29.8. The molecule has 6 atom stereocenters. The third-order valence-electron chi connectivity index (χ3n) is 11.0. The third kappa shape index (κ3) is 6.75. The van der Waals surface area contributed by atoms with Crippen molar-refractivity contribution in [3.05, 3.63) is 179 Å². The van der Waals surface area contributed by atoms with Crippen LogP contribution in [-0.2, 0) is 4.74 Å². The molecule has 53 heavy (non-hydrogen) atoms. The van der Waals surface area contributed by atoms with Gasteiger partial charge in [0.1, 0.15) is 12.2 Å². The molecule has 0 bridgehead atoms. The van der Waals surface area contributed by atoms with Gasteiger partial charge in [-0.2, -0.15) is 0 Å². The number of aliphatic hydroxyl groups is 2. The topological polar surface area (TPSA) is 117 Å². The van der Waals surface area contributed by atoms with Crippen LogP contribution >= 0.6 is 0 Å². The first kappa shape index (κ1) is 35.1. The molecular weight excluding hydrogens is 655 g/mol. The van der Waals surface area contributed by atoms with Gasteiger partial charge in [-0.3, -0.25) is 0 Å². The first-order valence-electron chi connectivity index (χ1n) is 18.8. The summed E-state index contributed by atoms with van der Waals surface area (Å²) in [5.74, 6) is 0.0668. The first-order valence-corrected chi connectivity index (χ1v) is 18.8. The monoisotopic (exact) mass is 701 g/mol. The molecule has 0 spiro atoms.